The molecule has 0 radical (unpaired) electrons. The third-order valence-electron chi connectivity index (χ3n) is 6.36. The van der Waals surface area contributed by atoms with Gasteiger partial charge in [-0.15, -0.1) is 0 Å². The molecule has 1 saturated heterocycles. The summed E-state index contributed by atoms with van der Waals surface area (Å²) < 4.78 is 10.7. The molecular formula is C19H24NO4+. The molecule has 1 unspecified atom stereocenters. The molecule has 24 heavy (non-hydrogen) atoms. The van der Waals surface area contributed by atoms with Crippen LogP contribution in [-0.4, -0.2) is 44.7 Å². The van der Waals surface area contributed by atoms with Gasteiger partial charge in [-0.1, -0.05) is 6.07 Å². The number of ketones is 1. The number of benzene rings is 1. The third kappa shape index (κ3) is 1.88. The number of carbonyl (C=O) groups excluding carboxylic acids is 1. The van der Waals surface area contributed by atoms with Crippen LogP contribution in [-0.2, 0) is 21.4 Å². The molecule has 2 aliphatic carbocycles. The predicted molar refractivity (Wildman–Crippen MR) is 88.4 cm³/mol. The molecule has 4 rings (SSSR count). The van der Waals surface area contributed by atoms with Crippen molar-refractivity contribution in [2.24, 2.45) is 5.92 Å². The lowest BCUT2D eigenvalue weighted by atomic mass is 9.53. The fourth-order valence-electron chi connectivity index (χ4n) is 5.18. The number of ether oxygens (including phenoxy) is 2. The standard InChI is InChI=1S/C19H23NO4/c1-20-7-6-19-10-14(21)16(24-3)9-12(19)13(20)8-11-4-5-15(23-2)18(22)17(11)19/h4-5,9,12-13,22H,6-8,10H2,1-3H3/p+1/t12-,13-,19+/m0/s1. The first kappa shape index (κ1) is 15.5. The molecule has 2 bridgehead atoms. The quantitative estimate of drug-likeness (QED) is 0.834. The number of fused-ring (bicyclic) bond motifs is 1. The molecule has 5 nitrogen and oxygen atoms in total. The summed E-state index contributed by atoms with van der Waals surface area (Å²) in [6.45, 7) is 1.00. The van der Waals surface area contributed by atoms with Crippen molar-refractivity contribution in [1.82, 2.24) is 0 Å². The molecule has 128 valence electrons. The number of methoxy groups -OCH3 is 2. The molecule has 0 spiro atoms. The number of piperidine rings is 1. The lowest BCUT2D eigenvalue weighted by molar-refractivity contribution is -0.917. The van der Waals surface area contributed by atoms with Gasteiger partial charge in [0.25, 0.3) is 0 Å². The molecule has 1 aromatic carbocycles. The van der Waals surface area contributed by atoms with Crippen LogP contribution in [0.25, 0.3) is 0 Å². The average Bonchev–Trinajstić information content (AvgIpc) is 2.57. The first-order chi connectivity index (χ1) is 11.5. The Labute approximate surface area is 141 Å². The van der Waals surface area contributed by atoms with Gasteiger partial charge in [0.1, 0.15) is 0 Å². The summed E-state index contributed by atoms with van der Waals surface area (Å²) in [5.74, 6) is 1.40. The van der Waals surface area contributed by atoms with E-state index in [2.05, 4.69) is 13.1 Å². The molecule has 5 heteroatoms. The van der Waals surface area contributed by atoms with Crippen LogP contribution in [0.1, 0.15) is 24.0 Å². The largest absolute Gasteiger partial charge is 0.504 e. The summed E-state index contributed by atoms with van der Waals surface area (Å²) >= 11 is 0. The molecule has 1 aromatic rings. The van der Waals surface area contributed by atoms with Crippen LogP contribution >= 0.6 is 0 Å². The second-order valence-corrected chi connectivity index (χ2v) is 7.32. The van der Waals surface area contributed by atoms with Crippen LogP contribution in [0.3, 0.4) is 0 Å². The SMILES string of the molecule is COC1=C[C@H]2[C@@H]3Cc4ccc(OC)c(O)c4[C@]2(CC[NH+]3C)CC1=O. The molecule has 3 aliphatic rings. The zero-order valence-corrected chi connectivity index (χ0v) is 14.4. The van der Waals surface area contributed by atoms with E-state index in [1.54, 1.807) is 14.2 Å². The number of Topliss-reactive ketones (excluding diaryl/α,β-unsaturated/α-hetero) is 1. The summed E-state index contributed by atoms with van der Waals surface area (Å²) in [4.78, 5) is 14.1. The Bertz CT molecular complexity index is 741. The van der Waals surface area contributed by atoms with E-state index < -0.39 is 0 Å². The highest BCUT2D eigenvalue weighted by atomic mass is 16.5. The topological polar surface area (TPSA) is 60.2 Å². The minimum absolute atomic E-state index is 0.0297. The van der Waals surface area contributed by atoms with E-state index in [9.17, 15) is 9.90 Å². The van der Waals surface area contributed by atoms with E-state index in [1.807, 2.05) is 12.1 Å². The summed E-state index contributed by atoms with van der Waals surface area (Å²) in [6.07, 6.45) is 4.19. The molecule has 2 N–H and O–H groups in total. The minimum atomic E-state index is -0.338. The number of phenols is 1. The lowest BCUT2D eigenvalue weighted by Gasteiger charge is -2.54. The second-order valence-electron chi connectivity index (χ2n) is 7.32. The van der Waals surface area contributed by atoms with Gasteiger partial charge in [0.15, 0.2) is 23.0 Å². The smallest absolute Gasteiger partial charge is 0.197 e. The maximum absolute atomic E-state index is 12.6. The van der Waals surface area contributed by atoms with E-state index in [-0.39, 0.29) is 22.9 Å². The van der Waals surface area contributed by atoms with E-state index >= 15 is 0 Å². The number of quaternary nitrogens is 1. The Balaban J connectivity index is 1.97. The number of hydrogen-bond acceptors (Lipinski definition) is 4. The van der Waals surface area contributed by atoms with Gasteiger partial charge in [-0.25, -0.2) is 0 Å². The van der Waals surface area contributed by atoms with Crippen molar-refractivity contribution < 1.29 is 24.3 Å². The van der Waals surface area contributed by atoms with Crippen molar-refractivity contribution in [2.45, 2.75) is 30.7 Å². The highest BCUT2D eigenvalue weighted by Gasteiger charge is 2.58. The van der Waals surface area contributed by atoms with Gasteiger partial charge < -0.3 is 19.5 Å². The average molecular weight is 330 g/mol. The van der Waals surface area contributed by atoms with Gasteiger partial charge in [-0.3, -0.25) is 4.79 Å². The van der Waals surface area contributed by atoms with E-state index in [4.69, 9.17) is 9.47 Å². The number of phenolic OH excluding ortho intramolecular Hbond substituents is 1. The van der Waals surface area contributed by atoms with Crippen LogP contribution in [0, 0.1) is 5.92 Å². The van der Waals surface area contributed by atoms with Crippen molar-refractivity contribution >= 4 is 5.78 Å². The van der Waals surface area contributed by atoms with Crippen molar-refractivity contribution in [3.8, 4) is 11.5 Å². The highest BCUT2D eigenvalue weighted by Crippen LogP contribution is 2.55. The van der Waals surface area contributed by atoms with Crippen molar-refractivity contribution in [3.05, 3.63) is 35.1 Å². The summed E-state index contributed by atoms with van der Waals surface area (Å²) in [6, 6.07) is 4.28. The lowest BCUT2D eigenvalue weighted by Crippen LogP contribution is -3.16. The maximum atomic E-state index is 12.6. The molecular weight excluding hydrogens is 306 g/mol. The van der Waals surface area contributed by atoms with Crippen LogP contribution in [0.15, 0.2) is 24.0 Å². The zero-order chi connectivity index (χ0) is 17.1. The van der Waals surface area contributed by atoms with Crippen molar-refractivity contribution in [2.75, 3.05) is 27.8 Å². The molecule has 1 heterocycles. The number of aromatic hydroxyl groups is 1. The molecule has 1 fully saturated rings. The Morgan fingerprint density at radius 3 is 2.79 bits per heavy atom. The zero-order valence-electron chi connectivity index (χ0n) is 14.4. The van der Waals surface area contributed by atoms with Crippen molar-refractivity contribution in [3.63, 3.8) is 0 Å². The molecule has 0 saturated carbocycles. The Hall–Kier alpha value is -2.01. The summed E-state index contributed by atoms with van der Waals surface area (Å²) in [7, 11) is 5.35. The predicted octanol–water partition coefficient (Wildman–Crippen LogP) is 0.601. The Kier molecular flexibility index (Phi) is 3.39. The second kappa shape index (κ2) is 5.24. The number of rotatable bonds is 2. The summed E-state index contributed by atoms with van der Waals surface area (Å²) in [5.41, 5.74) is 1.74. The molecule has 0 amide bonds. The first-order valence-electron chi connectivity index (χ1n) is 8.52. The van der Waals surface area contributed by atoms with Gasteiger partial charge in [0.05, 0.1) is 33.9 Å². The maximum Gasteiger partial charge on any atom is 0.197 e. The molecule has 0 aromatic heterocycles. The Morgan fingerprint density at radius 2 is 2.08 bits per heavy atom. The first-order valence-corrected chi connectivity index (χ1v) is 8.52. The van der Waals surface area contributed by atoms with Gasteiger partial charge in [-0.05, 0) is 17.7 Å². The Morgan fingerprint density at radius 1 is 1.29 bits per heavy atom. The highest BCUT2D eigenvalue weighted by molar-refractivity contribution is 5.96. The van der Waals surface area contributed by atoms with Gasteiger partial charge in [0, 0.05) is 36.2 Å². The minimum Gasteiger partial charge on any atom is -0.504 e. The normalized spacial score (nSPS) is 34.0. The van der Waals surface area contributed by atoms with Gasteiger partial charge >= 0.3 is 0 Å². The van der Waals surface area contributed by atoms with Crippen molar-refractivity contribution in [1.29, 1.82) is 0 Å². The van der Waals surface area contributed by atoms with Crippen LogP contribution in [0.5, 0.6) is 11.5 Å². The van der Waals surface area contributed by atoms with Gasteiger partial charge in [-0.2, -0.15) is 0 Å². The van der Waals surface area contributed by atoms with E-state index in [0.717, 1.165) is 30.5 Å². The number of likely N-dealkylation sites (N-methyl/N-ethyl adjacent to an activating group) is 1. The number of carbonyl (C=O) groups is 1. The molecule has 1 aliphatic heterocycles. The van der Waals surface area contributed by atoms with Gasteiger partial charge in [0.2, 0.25) is 0 Å². The number of hydrogen-bond donors (Lipinski definition) is 2. The summed E-state index contributed by atoms with van der Waals surface area (Å²) in [5, 5.41) is 10.9. The fourth-order valence-corrected chi connectivity index (χ4v) is 5.18. The van der Waals surface area contributed by atoms with Crippen LogP contribution in [0.2, 0.25) is 0 Å². The number of nitrogens with one attached hydrogen (secondary N) is 1. The molecule has 4 atom stereocenters. The van der Waals surface area contributed by atoms with E-state index in [0.29, 0.717) is 24.0 Å². The fraction of sp³-hybridized carbons (Fsp3) is 0.526. The van der Waals surface area contributed by atoms with E-state index in [1.165, 1.54) is 4.90 Å². The van der Waals surface area contributed by atoms with Crippen LogP contribution in [0.4, 0.5) is 0 Å². The monoisotopic (exact) mass is 330 g/mol. The number of likely N-dealkylation sites (tertiary alicyclic amines) is 1. The third-order valence-corrected chi connectivity index (χ3v) is 6.36. The van der Waals surface area contributed by atoms with Crippen LogP contribution < -0.4 is 9.64 Å². The number of allylic oxidation sites excluding steroid dienone is 1.